The van der Waals surface area contributed by atoms with Crippen LogP contribution >= 0.6 is 7.82 Å². The van der Waals surface area contributed by atoms with Gasteiger partial charge in [-0.1, -0.05) is 199 Å². The fourth-order valence-electron chi connectivity index (χ4n) is 6.38. The van der Waals surface area contributed by atoms with Crippen LogP contribution in [0.15, 0.2) is 134 Å². The second-order valence-corrected chi connectivity index (χ2v) is 17.7. The van der Waals surface area contributed by atoms with Crippen molar-refractivity contribution in [2.45, 2.75) is 187 Å². The van der Waals surface area contributed by atoms with Gasteiger partial charge < -0.3 is 20.1 Å². The van der Waals surface area contributed by atoms with Crippen LogP contribution in [0.4, 0.5) is 0 Å². The maximum atomic E-state index is 12.7. The minimum absolute atomic E-state index is 0.0864. The minimum Gasteiger partial charge on any atom is -0.457 e. The van der Waals surface area contributed by atoms with Crippen LogP contribution in [0.1, 0.15) is 181 Å². The molecule has 0 rings (SSSR count). The first kappa shape index (κ1) is 62.6. The summed E-state index contributed by atoms with van der Waals surface area (Å²) in [5, 5.41) is 0. The summed E-state index contributed by atoms with van der Waals surface area (Å²) in [5.74, 6) is -0.359. The van der Waals surface area contributed by atoms with Crippen LogP contribution in [0, 0.1) is 0 Å². The molecule has 2 atom stereocenters. The summed E-state index contributed by atoms with van der Waals surface area (Å²) in [4.78, 5) is 22.6. The molecule has 0 aromatic heterocycles. The standard InChI is InChI=1S/C57H94NO7P/c1-3-5-7-9-11-13-15-17-19-21-23-25-26-27-28-29-31-33-35-37-39-41-43-45-47-49-52-62-54-56(55-64-66(60,61)63-53-51-58)65-57(59)50-48-46-44-42-40-38-36-34-32-30-24-22-20-18-16-14-12-10-8-6-4-2/h5-8,11-14,17-20,23-25,27-28,30-31,33-34,36,56H,3-4,9-10,15-16,21-22,26,29,32,35,37-55,58H2,1-2H3,(H,60,61)/b7-5-,8-6-,13-11-,14-12-,19-17-,20-18-,25-23-,28-27-,30-24-,33-31-,36-34-. The Kier molecular flexibility index (Phi) is 49.9. The number of phosphoric acid groups is 1. The van der Waals surface area contributed by atoms with Gasteiger partial charge in [-0.3, -0.25) is 13.8 Å². The summed E-state index contributed by atoms with van der Waals surface area (Å²) < 4.78 is 33.6. The molecule has 0 aromatic carbocycles. The van der Waals surface area contributed by atoms with Gasteiger partial charge in [0.2, 0.25) is 0 Å². The molecule has 374 valence electrons. The maximum Gasteiger partial charge on any atom is 0.472 e. The summed E-state index contributed by atoms with van der Waals surface area (Å²) in [7, 11) is -4.30. The number of hydrogen-bond donors (Lipinski definition) is 2. The van der Waals surface area contributed by atoms with Crippen molar-refractivity contribution in [2.75, 3.05) is 33.0 Å². The molecule has 0 radical (unpaired) electrons. The van der Waals surface area contributed by atoms with Gasteiger partial charge in [0, 0.05) is 19.6 Å². The Bertz CT molecular complexity index is 1470. The first-order chi connectivity index (χ1) is 32.4. The Labute approximate surface area is 404 Å². The topological polar surface area (TPSA) is 117 Å². The molecule has 0 saturated carbocycles. The molecule has 2 unspecified atom stereocenters. The normalized spacial score (nSPS) is 14.4. The Balaban J connectivity index is 4.07. The van der Waals surface area contributed by atoms with Crippen molar-refractivity contribution in [1.82, 2.24) is 0 Å². The first-order valence-electron chi connectivity index (χ1n) is 25.7. The zero-order chi connectivity index (χ0) is 48.0. The van der Waals surface area contributed by atoms with Crippen molar-refractivity contribution in [2.24, 2.45) is 5.73 Å². The number of carbonyl (C=O) groups is 1. The molecule has 3 N–H and O–H groups in total. The summed E-state index contributed by atoms with van der Waals surface area (Å²) in [6.07, 6.45) is 74.8. The van der Waals surface area contributed by atoms with E-state index in [0.29, 0.717) is 6.61 Å². The van der Waals surface area contributed by atoms with E-state index >= 15 is 0 Å². The van der Waals surface area contributed by atoms with Crippen LogP contribution in [0.3, 0.4) is 0 Å². The van der Waals surface area contributed by atoms with Crippen molar-refractivity contribution in [1.29, 1.82) is 0 Å². The zero-order valence-electron chi connectivity index (χ0n) is 41.6. The Hall–Kier alpha value is -3.36. The molecule has 0 spiro atoms. The first-order valence-corrected chi connectivity index (χ1v) is 27.2. The van der Waals surface area contributed by atoms with E-state index in [9.17, 15) is 14.3 Å². The number of hydrogen-bond acceptors (Lipinski definition) is 7. The third-order valence-electron chi connectivity index (χ3n) is 10.1. The van der Waals surface area contributed by atoms with Crippen molar-refractivity contribution in [3.63, 3.8) is 0 Å². The molecule has 0 aliphatic rings. The van der Waals surface area contributed by atoms with Crippen molar-refractivity contribution in [3.05, 3.63) is 134 Å². The van der Waals surface area contributed by atoms with Crippen molar-refractivity contribution in [3.8, 4) is 0 Å². The molecule has 0 aromatic rings. The largest absolute Gasteiger partial charge is 0.472 e. The number of allylic oxidation sites excluding steroid dienone is 22. The highest BCUT2D eigenvalue weighted by atomic mass is 31.2. The molecule has 0 saturated heterocycles. The lowest BCUT2D eigenvalue weighted by atomic mass is 10.1. The van der Waals surface area contributed by atoms with E-state index in [-0.39, 0.29) is 38.8 Å². The summed E-state index contributed by atoms with van der Waals surface area (Å²) >= 11 is 0. The summed E-state index contributed by atoms with van der Waals surface area (Å²) in [6.45, 7) is 4.61. The zero-order valence-corrected chi connectivity index (χ0v) is 42.5. The minimum atomic E-state index is -4.30. The van der Waals surface area contributed by atoms with E-state index in [4.69, 9.17) is 24.3 Å². The smallest absolute Gasteiger partial charge is 0.457 e. The molecule has 0 fully saturated rings. The van der Waals surface area contributed by atoms with E-state index in [2.05, 4.69) is 148 Å². The molecular weight excluding hydrogens is 842 g/mol. The van der Waals surface area contributed by atoms with E-state index in [0.717, 1.165) is 135 Å². The molecule has 0 amide bonds. The van der Waals surface area contributed by atoms with E-state index in [1.165, 1.54) is 25.7 Å². The quantitative estimate of drug-likeness (QED) is 0.0268. The van der Waals surface area contributed by atoms with Crippen LogP contribution in [-0.2, 0) is 27.9 Å². The molecule has 8 nitrogen and oxygen atoms in total. The van der Waals surface area contributed by atoms with Crippen molar-refractivity contribution < 1.29 is 32.8 Å². The highest BCUT2D eigenvalue weighted by Crippen LogP contribution is 2.43. The van der Waals surface area contributed by atoms with Gasteiger partial charge in [0.15, 0.2) is 0 Å². The average Bonchev–Trinajstić information content (AvgIpc) is 3.31. The molecular formula is C57H94NO7P. The molecule has 9 heteroatoms. The van der Waals surface area contributed by atoms with E-state index in [1.807, 2.05) is 0 Å². The number of unbranched alkanes of at least 4 members (excludes halogenated alkanes) is 12. The predicted molar refractivity (Wildman–Crippen MR) is 283 cm³/mol. The number of nitrogens with two attached hydrogens (primary N) is 1. The van der Waals surface area contributed by atoms with Gasteiger partial charge >= 0.3 is 13.8 Å². The predicted octanol–water partition coefficient (Wildman–Crippen LogP) is 16.3. The third kappa shape index (κ3) is 51.6. The number of rotatable bonds is 47. The van der Waals surface area contributed by atoms with Crippen LogP contribution in [0.2, 0.25) is 0 Å². The van der Waals surface area contributed by atoms with Gasteiger partial charge in [-0.25, -0.2) is 4.57 Å². The Morgan fingerprint density at radius 1 is 0.455 bits per heavy atom. The van der Waals surface area contributed by atoms with Crippen LogP contribution in [0.25, 0.3) is 0 Å². The molecule has 0 aliphatic carbocycles. The van der Waals surface area contributed by atoms with E-state index in [1.54, 1.807) is 0 Å². The lowest BCUT2D eigenvalue weighted by Gasteiger charge is -2.20. The fraction of sp³-hybridized carbons (Fsp3) is 0.596. The van der Waals surface area contributed by atoms with Gasteiger partial charge in [-0.05, 0) is 109 Å². The number of ether oxygens (including phenoxy) is 2. The molecule has 66 heavy (non-hydrogen) atoms. The second kappa shape index (κ2) is 52.6. The van der Waals surface area contributed by atoms with Gasteiger partial charge in [0.1, 0.15) is 6.10 Å². The number of carbonyl (C=O) groups excluding carboxylic acids is 1. The summed E-state index contributed by atoms with van der Waals surface area (Å²) in [5.41, 5.74) is 5.39. The number of esters is 1. The van der Waals surface area contributed by atoms with Gasteiger partial charge in [-0.15, -0.1) is 0 Å². The SMILES string of the molecule is CC/C=C\C/C=C\C/C=C\C/C=C\C/C=C\C/C=C\CCCCCCCCCOCC(COP(=O)(O)OCCN)OC(=O)CCCCCCC/C=C\C/C=C\C/C=C\C/C=C\C/C=C\CC. The lowest BCUT2D eigenvalue weighted by Crippen LogP contribution is -2.28. The molecule has 0 aliphatic heterocycles. The highest BCUT2D eigenvalue weighted by Gasteiger charge is 2.25. The number of phosphoric ester groups is 1. The molecule has 0 heterocycles. The highest BCUT2D eigenvalue weighted by molar-refractivity contribution is 7.47. The third-order valence-corrected chi connectivity index (χ3v) is 11.0. The van der Waals surface area contributed by atoms with Crippen molar-refractivity contribution >= 4 is 13.8 Å². The van der Waals surface area contributed by atoms with Gasteiger partial charge in [-0.2, -0.15) is 0 Å². The lowest BCUT2D eigenvalue weighted by molar-refractivity contribution is -0.154. The monoisotopic (exact) mass is 936 g/mol. The Morgan fingerprint density at radius 2 is 0.803 bits per heavy atom. The fourth-order valence-corrected chi connectivity index (χ4v) is 7.14. The van der Waals surface area contributed by atoms with E-state index < -0.39 is 13.9 Å². The van der Waals surface area contributed by atoms with Gasteiger partial charge in [0.05, 0.1) is 19.8 Å². The summed E-state index contributed by atoms with van der Waals surface area (Å²) in [6, 6.07) is 0. The second-order valence-electron chi connectivity index (χ2n) is 16.3. The van der Waals surface area contributed by atoms with Gasteiger partial charge in [0.25, 0.3) is 0 Å². The van der Waals surface area contributed by atoms with Crippen LogP contribution in [0.5, 0.6) is 0 Å². The Morgan fingerprint density at radius 3 is 1.20 bits per heavy atom. The maximum absolute atomic E-state index is 12.7. The average molecular weight is 936 g/mol. The van der Waals surface area contributed by atoms with Crippen LogP contribution in [-0.4, -0.2) is 49.9 Å². The molecule has 0 bridgehead atoms. The van der Waals surface area contributed by atoms with Crippen LogP contribution < -0.4 is 5.73 Å².